The summed E-state index contributed by atoms with van der Waals surface area (Å²) >= 11 is 17.5. The molecule has 0 aromatic rings. The molecule has 2 amide bonds. The quantitative estimate of drug-likeness (QED) is 0.506. The zero-order valence-electron chi connectivity index (χ0n) is 16.2. The molecule has 1 heterocycles. The van der Waals surface area contributed by atoms with Crippen LogP contribution < -0.4 is 5.32 Å². The van der Waals surface area contributed by atoms with Crippen LogP contribution in [0.1, 0.15) is 52.9 Å². The molecule has 6 nitrogen and oxygen atoms in total. The molecule has 3 atom stereocenters. The van der Waals surface area contributed by atoms with Gasteiger partial charge < -0.3 is 20.1 Å². The summed E-state index contributed by atoms with van der Waals surface area (Å²) < 4.78 is 3.81. The van der Waals surface area contributed by atoms with Crippen LogP contribution in [0.5, 0.6) is 0 Å². The van der Waals surface area contributed by atoms with E-state index in [-0.39, 0.29) is 30.6 Å². The maximum Gasteiger partial charge on any atom is 0.252 e. The average molecular weight is 444 g/mol. The minimum Gasteiger partial charge on any atom is -0.499 e. The first-order valence-electron chi connectivity index (χ1n) is 9.12. The zero-order valence-corrected chi connectivity index (χ0v) is 18.4. The minimum absolute atomic E-state index is 0.118. The van der Waals surface area contributed by atoms with Crippen LogP contribution >= 0.6 is 34.8 Å². The molecule has 27 heavy (non-hydrogen) atoms. The van der Waals surface area contributed by atoms with Gasteiger partial charge in [0, 0.05) is 12.5 Å². The van der Waals surface area contributed by atoms with E-state index < -0.39 is 22.1 Å². The molecule has 0 fully saturated rings. The second kappa shape index (κ2) is 10.7. The standard InChI is InChI=1S/C18H29Cl3N2O4/c1-5-6-15(24)22-12(7-8-18(19,20)21)17(26)23-13(9-11(2)3)14(27-4)10-16(23)25/h10-13,17,26H,5-9H2,1-4H3,(H,22,24). The number of hydrogen-bond donors (Lipinski definition) is 2. The number of amides is 2. The third kappa shape index (κ3) is 7.68. The van der Waals surface area contributed by atoms with Crippen molar-refractivity contribution in [2.75, 3.05) is 7.11 Å². The summed E-state index contributed by atoms with van der Waals surface area (Å²) in [6.45, 7) is 5.91. The first kappa shape index (κ1) is 24.3. The molecule has 3 unspecified atom stereocenters. The van der Waals surface area contributed by atoms with Crippen LogP contribution in [0.3, 0.4) is 0 Å². The maximum atomic E-state index is 12.5. The van der Waals surface area contributed by atoms with E-state index in [0.29, 0.717) is 25.0 Å². The van der Waals surface area contributed by atoms with Gasteiger partial charge in [0.2, 0.25) is 5.91 Å². The number of carbonyl (C=O) groups is 2. The van der Waals surface area contributed by atoms with E-state index in [9.17, 15) is 14.7 Å². The van der Waals surface area contributed by atoms with Gasteiger partial charge in [-0.05, 0) is 31.6 Å². The molecule has 0 spiro atoms. The Kier molecular flexibility index (Phi) is 9.69. The van der Waals surface area contributed by atoms with E-state index in [4.69, 9.17) is 39.5 Å². The van der Waals surface area contributed by atoms with E-state index >= 15 is 0 Å². The summed E-state index contributed by atoms with van der Waals surface area (Å²) in [5.41, 5.74) is 0. The topological polar surface area (TPSA) is 78.9 Å². The van der Waals surface area contributed by atoms with E-state index in [1.807, 2.05) is 20.8 Å². The van der Waals surface area contributed by atoms with Gasteiger partial charge in [-0.25, -0.2) is 0 Å². The monoisotopic (exact) mass is 442 g/mol. The van der Waals surface area contributed by atoms with Crippen molar-refractivity contribution in [1.29, 1.82) is 0 Å². The number of methoxy groups -OCH3 is 1. The number of hydrogen-bond acceptors (Lipinski definition) is 4. The molecular formula is C18H29Cl3N2O4. The van der Waals surface area contributed by atoms with Crippen molar-refractivity contribution >= 4 is 46.6 Å². The van der Waals surface area contributed by atoms with Crippen molar-refractivity contribution in [2.45, 2.75) is 75.0 Å². The summed E-state index contributed by atoms with van der Waals surface area (Å²) in [7, 11) is 1.49. The molecule has 0 aromatic heterocycles. The summed E-state index contributed by atoms with van der Waals surface area (Å²) in [5.74, 6) is 0.169. The van der Waals surface area contributed by atoms with Gasteiger partial charge in [-0.15, -0.1) is 0 Å². The highest BCUT2D eigenvalue weighted by Crippen LogP contribution is 2.34. The van der Waals surface area contributed by atoms with Crippen molar-refractivity contribution in [3.05, 3.63) is 11.8 Å². The Balaban J connectivity index is 3.03. The van der Waals surface area contributed by atoms with Gasteiger partial charge in [-0.3, -0.25) is 9.59 Å². The van der Waals surface area contributed by atoms with E-state index in [1.165, 1.54) is 18.1 Å². The number of alkyl halides is 3. The first-order valence-corrected chi connectivity index (χ1v) is 10.3. The number of aliphatic hydroxyl groups is 1. The summed E-state index contributed by atoms with van der Waals surface area (Å²) in [4.78, 5) is 26.0. The molecule has 9 heteroatoms. The van der Waals surface area contributed by atoms with Crippen molar-refractivity contribution < 1.29 is 19.4 Å². The molecule has 1 aliphatic heterocycles. The molecule has 156 valence electrons. The highest BCUT2D eigenvalue weighted by Gasteiger charge is 2.41. The Morgan fingerprint density at radius 3 is 2.52 bits per heavy atom. The SMILES string of the molecule is CCCC(=O)NC(CCC(Cl)(Cl)Cl)C(O)N1C(=O)C=C(OC)C1CC(C)C. The number of carbonyl (C=O) groups excluding carboxylic acids is 2. The Morgan fingerprint density at radius 1 is 1.41 bits per heavy atom. The normalized spacial score (nSPS) is 19.9. The number of halogens is 3. The van der Waals surface area contributed by atoms with Gasteiger partial charge in [0.15, 0.2) is 3.79 Å². The number of aliphatic hydroxyl groups excluding tert-OH is 1. The van der Waals surface area contributed by atoms with Gasteiger partial charge in [0.05, 0.1) is 19.2 Å². The van der Waals surface area contributed by atoms with Crippen LogP contribution in [0.25, 0.3) is 0 Å². The van der Waals surface area contributed by atoms with Gasteiger partial charge in [-0.1, -0.05) is 55.6 Å². The second-order valence-corrected chi connectivity index (χ2v) is 9.65. The molecule has 0 aliphatic carbocycles. The van der Waals surface area contributed by atoms with Gasteiger partial charge in [0.25, 0.3) is 5.91 Å². The van der Waals surface area contributed by atoms with E-state index in [1.54, 1.807) is 0 Å². The number of nitrogens with zero attached hydrogens (tertiary/aromatic N) is 1. The molecule has 0 radical (unpaired) electrons. The van der Waals surface area contributed by atoms with Crippen LogP contribution in [0.15, 0.2) is 11.8 Å². The van der Waals surface area contributed by atoms with Crippen LogP contribution in [0, 0.1) is 5.92 Å². The van der Waals surface area contributed by atoms with Crippen molar-refractivity contribution in [2.24, 2.45) is 5.92 Å². The summed E-state index contributed by atoms with van der Waals surface area (Å²) in [6.07, 6.45) is 2.01. The lowest BCUT2D eigenvalue weighted by atomic mass is 10.0. The number of ether oxygens (including phenoxy) is 1. The van der Waals surface area contributed by atoms with Crippen LogP contribution in [0.4, 0.5) is 0 Å². The van der Waals surface area contributed by atoms with Gasteiger partial charge in [-0.2, -0.15) is 0 Å². The minimum atomic E-state index is -1.52. The van der Waals surface area contributed by atoms with Crippen molar-refractivity contribution in [3.8, 4) is 0 Å². The average Bonchev–Trinajstić information content (AvgIpc) is 2.85. The van der Waals surface area contributed by atoms with E-state index in [2.05, 4.69) is 5.32 Å². The molecule has 0 bridgehead atoms. The lowest BCUT2D eigenvalue weighted by Gasteiger charge is -2.36. The second-order valence-electron chi connectivity index (χ2n) is 7.13. The lowest BCUT2D eigenvalue weighted by Crippen LogP contribution is -2.55. The number of nitrogens with one attached hydrogen (secondary N) is 1. The number of rotatable bonds is 10. The van der Waals surface area contributed by atoms with Gasteiger partial charge in [0.1, 0.15) is 12.0 Å². The highest BCUT2D eigenvalue weighted by atomic mass is 35.6. The van der Waals surface area contributed by atoms with E-state index in [0.717, 1.165) is 0 Å². The zero-order chi connectivity index (χ0) is 20.8. The third-order valence-electron chi connectivity index (χ3n) is 4.32. The fourth-order valence-corrected chi connectivity index (χ4v) is 3.41. The largest absolute Gasteiger partial charge is 0.499 e. The van der Waals surface area contributed by atoms with Crippen LogP contribution in [-0.4, -0.2) is 51.0 Å². The molecular weight excluding hydrogens is 415 g/mol. The van der Waals surface area contributed by atoms with Crippen LogP contribution in [-0.2, 0) is 14.3 Å². The third-order valence-corrected chi connectivity index (χ3v) is 4.89. The van der Waals surface area contributed by atoms with Crippen molar-refractivity contribution in [3.63, 3.8) is 0 Å². The molecule has 2 N–H and O–H groups in total. The molecule has 1 aliphatic rings. The first-order chi connectivity index (χ1) is 12.5. The highest BCUT2D eigenvalue weighted by molar-refractivity contribution is 6.67. The Hall–Kier alpha value is -0.690. The van der Waals surface area contributed by atoms with Crippen LogP contribution in [0.2, 0.25) is 0 Å². The fraction of sp³-hybridized carbons (Fsp3) is 0.778. The van der Waals surface area contributed by atoms with Gasteiger partial charge >= 0.3 is 0 Å². The maximum absolute atomic E-state index is 12.5. The Labute approximate surface area is 176 Å². The summed E-state index contributed by atoms with van der Waals surface area (Å²) in [6, 6.07) is -1.17. The molecule has 1 rings (SSSR count). The molecule has 0 saturated carbocycles. The predicted molar refractivity (Wildman–Crippen MR) is 108 cm³/mol. The Bertz CT molecular complexity index is 549. The Morgan fingerprint density at radius 2 is 2.04 bits per heavy atom. The molecule has 0 saturated heterocycles. The predicted octanol–water partition coefficient (Wildman–Crippen LogP) is 3.53. The molecule has 0 aromatic carbocycles. The lowest BCUT2D eigenvalue weighted by molar-refractivity contribution is -0.142. The van der Waals surface area contributed by atoms with Crippen molar-refractivity contribution in [1.82, 2.24) is 10.2 Å². The summed E-state index contributed by atoms with van der Waals surface area (Å²) in [5, 5.41) is 13.7. The fourth-order valence-electron chi connectivity index (χ4n) is 3.08. The smallest absolute Gasteiger partial charge is 0.252 e.